The van der Waals surface area contributed by atoms with E-state index in [1.807, 2.05) is 35.3 Å². The fraction of sp³-hybridized carbons (Fsp3) is 0.143. The van der Waals surface area contributed by atoms with Gasteiger partial charge in [-0.2, -0.15) is 5.10 Å². The minimum absolute atomic E-state index is 0.544. The smallest absolute Gasteiger partial charge is 0.139 e. The van der Waals surface area contributed by atoms with Gasteiger partial charge in [0.1, 0.15) is 5.82 Å². The summed E-state index contributed by atoms with van der Waals surface area (Å²) in [7, 11) is 0. The number of benzene rings is 2. The number of aromatic nitrogens is 3. The minimum atomic E-state index is 0.544. The Morgan fingerprint density at radius 1 is 0.962 bits per heavy atom. The number of nitrogens with one attached hydrogen (secondary N) is 1. The van der Waals surface area contributed by atoms with E-state index < -0.39 is 0 Å². The quantitative estimate of drug-likeness (QED) is 0.466. The van der Waals surface area contributed by atoms with Gasteiger partial charge >= 0.3 is 0 Å². The van der Waals surface area contributed by atoms with Gasteiger partial charge in [-0.25, -0.2) is 4.68 Å². The monoisotopic (exact) mass is 360 g/mol. The molecule has 0 saturated heterocycles. The van der Waals surface area contributed by atoms with Crippen molar-refractivity contribution in [2.45, 2.75) is 24.7 Å². The second-order valence-corrected chi connectivity index (χ2v) is 7.32. The first-order valence-corrected chi connectivity index (χ1v) is 9.44. The highest BCUT2D eigenvalue weighted by Gasteiger charge is 2.09. The van der Waals surface area contributed by atoms with Crippen molar-refractivity contribution in [2.24, 2.45) is 0 Å². The molecule has 0 spiro atoms. The molecule has 4 nitrogen and oxygen atoms in total. The van der Waals surface area contributed by atoms with E-state index in [-0.39, 0.29) is 0 Å². The van der Waals surface area contributed by atoms with Crippen LogP contribution in [0.25, 0.3) is 16.5 Å². The zero-order chi connectivity index (χ0) is 17.9. The molecule has 0 saturated carbocycles. The molecule has 0 amide bonds. The lowest BCUT2D eigenvalue weighted by atomic mass is 10.0. The molecule has 2 aromatic heterocycles. The van der Waals surface area contributed by atoms with Crippen molar-refractivity contribution in [1.82, 2.24) is 14.8 Å². The van der Waals surface area contributed by atoms with Gasteiger partial charge in [0.25, 0.3) is 0 Å². The Kier molecular flexibility index (Phi) is 4.63. The van der Waals surface area contributed by atoms with Crippen molar-refractivity contribution < 1.29 is 0 Å². The zero-order valence-corrected chi connectivity index (χ0v) is 15.6. The summed E-state index contributed by atoms with van der Waals surface area (Å²) in [6, 6.07) is 18.8. The Morgan fingerprint density at radius 3 is 2.58 bits per heavy atom. The molecule has 0 aliphatic rings. The molecule has 130 valence electrons. The number of hydrogen-bond acceptors (Lipinski definition) is 4. The van der Waals surface area contributed by atoms with Crippen LogP contribution in [0.15, 0.2) is 78.1 Å². The van der Waals surface area contributed by atoms with Crippen molar-refractivity contribution in [2.75, 3.05) is 4.72 Å². The fourth-order valence-electron chi connectivity index (χ4n) is 2.87. The van der Waals surface area contributed by atoms with Crippen molar-refractivity contribution >= 4 is 28.5 Å². The number of nitrogens with zero attached hydrogens (tertiary/aromatic N) is 3. The molecule has 2 heterocycles. The van der Waals surface area contributed by atoms with E-state index in [2.05, 4.69) is 65.1 Å². The van der Waals surface area contributed by atoms with Crippen molar-refractivity contribution in [1.29, 1.82) is 0 Å². The van der Waals surface area contributed by atoms with Crippen LogP contribution < -0.4 is 4.72 Å². The largest absolute Gasteiger partial charge is 0.310 e. The van der Waals surface area contributed by atoms with Crippen LogP contribution in [0.3, 0.4) is 0 Å². The van der Waals surface area contributed by atoms with E-state index in [9.17, 15) is 0 Å². The van der Waals surface area contributed by atoms with Crippen LogP contribution in [0.1, 0.15) is 25.3 Å². The van der Waals surface area contributed by atoms with Gasteiger partial charge in [-0.3, -0.25) is 4.98 Å². The number of fused-ring (bicyclic) bond motifs is 1. The normalized spacial score (nSPS) is 11.2. The molecule has 0 fully saturated rings. The third-order valence-corrected chi connectivity index (χ3v) is 5.16. The molecular weight excluding hydrogens is 340 g/mol. The van der Waals surface area contributed by atoms with Crippen molar-refractivity contribution in [3.8, 4) is 5.69 Å². The maximum absolute atomic E-state index is 4.49. The predicted octanol–water partition coefficient (Wildman–Crippen LogP) is 5.66. The van der Waals surface area contributed by atoms with Crippen LogP contribution in [0.5, 0.6) is 0 Å². The van der Waals surface area contributed by atoms with E-state index in [4.69, 9.17) is 0 Å². The minimum Gasteiger partial charge on any atom is -0.310 e. The highest BCUT2D eigenvalue weighted by molar-refractivity contribution is 8.00. The molecule has 0 aliphatic carbocycles. The fourth-order valence-corrected chi connectivity index (χ4v) is 3.52. The van der Waals surface area contributed by atoms with E-state index in [1.54, 1.807) is 18.1 Å². The van der Waals surface area contributed by atoms with Gasteiger partial charge in [0.15, 0.2) is 0 Å². The summed E-state index contributed by atoms with van der Waals surface area (Å²) >= 11 is 1.58. The summed E-state index contributed by atoms with van der Waals surface area (Å²) < 4.78 is 5.30. The van der Waals surface area contributed by atoms with Gasteiger partial charge < -0.3 is 4.72 Å². The third kappa shape index (κ3) is 3.30. The standard InChI is InChI=1S/C21H20N4S/c1-15(2)16-7-9-18(10-8-16)26-24-21-11-12-23-25(21)20-14-22-13-17-5-3-4-6-19(17)20/h3-15,24H,1-2H3. The highest BCUT2D eigenvalue weighted by Crippen LogP contribution is 2.27. The Balaban J connectivity index is 1.59. The van der Waals surface area contributed by atoms with E-state index in [1.165, 1.54) is 5.56 Å². The second-order valence-electron chi connectivity index (χ2n) is 6.44. The highest BCUT2D eigenvalue weighted by atomic mass is 32.2. The molecule has 0 unspecified atom stereocenters. The second kappa shape index (κ2) is 7.22. The van der Waals surface area contributed by atoms with Gasteiger partial charge in [0.05, 0.1) is 18.1 Å². The molecule has 1 N–H and O–H groups in total. The molecule has 0 radical (unpaired) electrons. The lowest BCUT2D eigenvalue weighted by molar-refractivity contribution is 0.865. The summed E-state index contributed by atoms with van der Waals surface area (Å²) in [4.78, 5) is 5.52. The summed E-state index contributed by atoms with van der Waals surface area (Å²) in [6.07, 6.45) is 5.52. The van der Waals surface area contributed by atoms with Gasteiger partial charge in [-0.1, -0.05) is 50.2 Å². The van der Waals surface area contributed by atoms with Gasteiger partial charge in [0, 0.05) is 27.9 Å². The van der Waals surface area contributed by atoms with Crippen LogP contribution in [-0.2, 0) is 0 Å². The summed E-state index contributed by atoms with van der Waals surface area (Å²) in [6.45, 7) is 4.41. The molecule has 0 aliphatic heterocycles. The van der Waals surface area contributed by atoms with Gasteiger partial charge in [0.2, 0.25) is 0 Å². The summed E-state index contributed by atoms with van der Waals surface area (Å²) in [5.41, 5.74) is 2.31. The Morgan fingerprint density at radius 2 is 1.77 bits per heavy atom. The Hall–Kier alpha value is -2.79. The molecule has 2 aromatic carbocycles. The van der Waals surface area contributed by atoms with E-state index >= 15 is 0 Å². The molecule has 0 atom stereocenters. The lowest BCUT2D eigenvalue weighted by Crippen LogP contribution is -2.02. The molecule has 4 aromatic rings. The first kappa shape index (κ1) is 16.7. The van der Waals surface area contributed by atoms with Gasteiger partial charge in [-0.15, -0.1) is 0 Å². The predicted molar refractivity (Wildman–Crippen MR) is 109 cm³/mol. The van der Waals surface area contributed by atoms with Crippen LogP contribution >= 0.6 is 11.9 Å². The van der Waals surface area contributed by atoms with Crippen LogP contribution in [0, 0.1) is 0 Å². The number of rotatable bonds is 5. The first-order chi connectivity index (χ1) is 12.7. The first-order valence-electron chi connectivity index (χ1n) is 8.62. The van der Waals surface area contributed by atoms with E-state index in [0.717, 1.165) is 27.2 Å². The maximum Gasteiger partial charge on any atom is 0.139 e. The molecule has 0 bridgehead atoms. The Labute approximate surface area is 157 Å². The third-order valence-electron chi connectivity index (χ3n) is 4.34. The molecule has 26 heavy (non-hydrogen) atoms. The number of pyridine rings is 1. The topological polar surface area (TPSA) is 42.7 Å². The van der Waals surface area contributed by atoms with Crippen LogP contribution in [0.2, 0.25) is 0 Å². The number of hydrogen-bond donors (Lipinski definition) is 1. The van der Waals surface area contributed by atoms with Crippen LogP contribution in [0.4, 0.5) is 5.82 Å². The Bertz CT molecular complexity index is 1020. The van der Waals surface area contributed by atoms with Crippen molar-refractivity contribution in [3.63, 3.8) is 0 Å². The van der Waals surface area contributed by atoms with Crippen molar-refractivity contribution in [3.05, 3.63) is 78.8 Å². The molecule has 5 heteroatoms. The van der Waals surface area contributed by atoms with Crippen LogP contribution in [-0.4, -0.2) is 14.8 Å². The molecular formula is C21H20N4S. The molecule has 4 rings (SSSR count). The average Bonchev–Trinajstić information content (AvgIpc) is 3.14. The summed E-state index contributed by atoms with van der Waals surface area (Å²) in [5.74, 6) is 1.46. The summed E-state index contributed by atoms with van der Waals surface area (Å²) in [5, 5.41) is 6.71. The number of anilines is 1. The van der Waals surface area contributed by atoms with Gasteiger partial charge in [-0.05, 0) is 35.6 Å². The SMILES string of the molecule is CC(C)c1ccc(SNc2ccnn2-c2cncc3ccccc23)cc1. The average molecular weight is 360 g/mol. The zero-order valence-electron chi connectivity index (χ0n) is 14.8. The lowest BCUT2D eigenvalue weighted by Gasteiger charge is -2.11. The maximum atomic E-state index is 4.49. The van der Waals surface area contributed by atoms with E-state index in [0.29, 0.717) is 5.92 Å².